The fraction of sp³-hybridized carbons (Fsp3) is 0. The normalized spacial score (nSPS) is 8.85. The minimum absolute atomic E-state index is 0. The first-order valence-corrected chi connectivity index (χ1v) is 3.70. The van der Waals surface area contributed by atoms with Crippen LogP contribution in [0.5, 0.6) is 0 Å². The second kappa shape index (κ2) is 4.01. The summed E-state index contributed by atoms with van der Waals surface area (Å²) in [6.45, 7) is 0. The molecule has 0 bridgehead atoms. The third-order valence-corrected chi connectivity index (χ3v) is 1.80. The number of nitriles is 1. The molecule has 13 heavy (non-hydrogen) atoms. The zero-order valence-corrected chi connectivity index (χ0v) is 8.40. The summed E-state index contributed by atoms with van der Waals surface area (Å²) in [5, 5.41) is 10.9. The van der Waals surface area contributed by atoms with E-state index in [0.717, 1.165) is 10.8 Å². The fourth-order valence-corrected chi connectivity index (χ4v) is 1.20. The summed E-state index contributed by atoms with van der Waals surface area (Å²) >= 11 is 0. The number of halogens is 1. The number of hydrogen-bond donors (Lipinski definition) is 0. The number of rotatable bonds is 0. The van der Waals surface area contributed by atoms with Crippen molar-refractivity contribution in [3.05, 3.63) is 42.7 Å². The van der Waals surface area contributed by atoms with Crippen LogP contribution in [-0.4, -0.2) is 0 Å². The van der Waals surface area contributed by atoms with Crippen LogP contribution in [0.4, 0.5) is 0 Å². The van der Waals surface area contributed by atoms with Crippen molar-refractivity contribution in [1.82, 2.24) is 0 Å². The van der Waals surface area contributed by atoms with E-state index in [-0.39, 0.29) is 17.0 Å². The van der Waals surface area contributed by atoms with E-state index in [9.17, 15) is 0 Å². The molecule has 1 aromatic heterocycles. The molecule has 1 heterocycles. The quantitative estimate of drug-likeness (QED) is 0.508. The van der Waals surface area contributed by atoms with E-state index in [1.54, 1.807) is 6.20 Å². The lowest BCUT2D eigenvalue weighted by Crippen LogP contribution is -3.00. The van der Waals surface area contributed by atoms with Gasteiger partial charge in [0.05, 0.1) is 0 Å². The molecule has 0 amide bonds. The third kappa shape index (κ3) is 1.85. The lowest BCUT2D eigenvalue weighted by atomic mass is 10.2. The highest BCUT2D eigenvalue weighted by molar-refractivity contribution is 5.80. The van der Waals surface area contributed by atoms with E-state index in [4.69, 9.17) is 5.26 Å². The summed E-state index contributed by atoms with van der Waals surface area (Å²) in [4.78, 5) is 0. The Morgan fingerprint density at radius 1 is 1.08 bits per heavy atom. The molecule has 2 rings (SSSR count). The minimum atomic E-state index is 0. The topological polar surface area (TPSA) is 27.7 Å². The van der Waals surface area contributed by atoms with Gasteiger partial charge in [0.25, 0.3) is 0 Å². The van der Waals surface area contributed by atoms with Gasteiger partial charge >= 0.3 is 6.19 Å². The lowest BCUT2D eigenvalue weighted by Gasteiger charge is -1.92. The van der Waals surface area contributed by atoms with Gasteiger partial charge in [-0.25, -0.2) is 0 Å². The summed E-state index contributed by atoms with van der Waals surface area (Å²) in [5.74, 6) is 0. The Bertz CT molecular complexity index is 460. The predicted octanol–water partition coefficient (Wildman–Crippen LogP) is -1.54. The zero-order chi connectivity index (χ0) is 8.39. The van der Waals surface area contributed by atoms with Gasteiger partial charge in [0.15, 0.2) is 5.26 Å². The molecular formula is C10H7BrN2. The summed E-state index contributed by atoms with van der Waals surface area (Å²) in [6, 6.07) is 9.89. The monoisotopic (exact) mass is 234 g/mol. The summed E-state index contributed by atoms with van der Waals surface area (Å²) in [6.07, 6.45) is 5.60. The second-order valence-corrected chi connectivity index (χ2v) is 2.58. The van der Waals surface area contributed by atoms with Crippen molar-refractivity contribution in [1.29, 1.82) is 5.26 Å². The first kappa shape index (κ1) is 9.69. The predicted molar refractivity (Wildman–Crippen MR) is 45.2 cm³/mol. The Hall–Kier alpha value is -1.40. The van der Waals surface area contributed by atoms with Crippen LogP contribution in [0.2, 0.25) is 0 Å². The minimum Gasteiger partial charge on any atom is -1.00 e. The molecule has 0 aliphatic heterocycles. The number of hydrogen-bond acceptors (Lipinski definition) is 1. The Morgan fingerprint density at radius 3 is 2.46 bits per heavy atom. The summed E-state index contributed by atoms with van der Waals surface area (Å²) < 4.78 is 1.49. The maximum atomic E-state index is 8.61. The molecule has 0 spiro atoms. The number of benzene rings is 1. The standard InChI is InChI=1S/C10H7N2.BrH/c11-8-12-6-5-9-3-1-2-4-10(9)7-12;/h1-7H;1H/q+1;/p-1. The molecule has 0 radical (unpaired) electrons. The summed E-state index contributed by atoms with van der Waals surface area (Å²) in [5.41, 5.74) is 0. The van der Waals surface area contributed by atoms with Crippen molar-refractivity contribution in [2.24, 2.45) is 0 Å². The molecule has 0 saturated carbocycles. The van der Waals surface area contributed by atoms with Crippen LogP contribution in [0, 0.1) is 11.5 Å². The van der Waals surface area contributed by atoms with Crippen LogP contribution >= 0.6 is 0 Å². The molecule has 0 aliphatic rings. The van der Waals surface area contributed by atoms with Gasteiger partial charge < -0.3 is 17.0 Å². The van der Waals surface area contributed by atoms with Gasteiger partial charge in [0.1, 0.15) is 12.4 Å². The van der Waals surface area contributed by atoms with Gasteiger partial charge in [-0.1, -0.05) is 24.3 Å². The van der Waals surface area contributed by atoms with Crippen LogP contribution in [0.15, 0.2) is 42.7 Å². The van der Waals surface area contributed by atoms with Crippen LogP contribution < -0.4 is 21.5 Å². The fourth-order valence-electron chi connectivity index (χ4n) is 1.20. The molecule has 0 N–H and O–H groups in total. The average molecular weight is 235 g/mol. The molecule has 3 heteroatoms. The molecule has 0 atom stereocenters. The molecule has 0 unspecified atom stereocenters. The number of pyridine rings is 1. The van der Waals surface area contributed by atoms with Gasteiger partial charge in [-0.05, 0) is 11.5 Å². The van der Waals surface area contributed by atoms with Gasteiger partial charge in [-0.3, -0.25) is 0 Å². The van der Waals surface area contributed by atoms with Crippen molar-refractivity contribution >= 4 is 10.8 Å². The van der Waals surface area contributed by atoms with E-state index in [2.05, 4.69) is 0 Å². The number of aromatic nitrogens is 1. The zero-order valence-electron chi connectivity index (χ0n) is 6.81. The SMILES string of the molecule is N#C[n+]1ccc2ccccc2c1.[Br-]. The molecule has 64 valence electrons. The van der Waals surface area contributed by atoms with Gasteiger partial charge in [0.2, 0.25) is 0 Å². The van der Waals surface area contributed by atoms with Crippen LogP contribution in [0.3, 0.4) is 0 Å². The van der Waals surface area contributed by atoms with Crippen molar-refractivity contribution < 1.29 is 21.5 Å². The smallest absolute Gasteiger partial charge is 0.463 e. The van der Waals surface area contributed by atoms with Crippen molar-refractivity contribution in [2.45, 2.75) is 0 Å². The molecule has 2 nitrogen and oxygen atoms in total. The van der Waals surface area contributed by atoms with E-state index < -0.39 is 0 Å². The maximum absolute atomic E-state index is 8.61. The molecular weight excluding hydrogens is 228 g/mol. The highest BCUT2D eigenvalue weighted by atomic mass is 79.9. The van der Waals surface area contributed by atoms with Crippen LogP contribution in [-0.2, 0) is 0 Å². The van der Waals surface area contributed by atoms with Gasteiger partial charge in [-0.2, -0.15) is 0 Å². The van der Waals surface area contributed by atoms with E-state index >= 15 is 0 Å². The second-order valence-electron chi connectivity index (χ2n) is 2.58. The van der Waals surface area contributed by atoms with Gasteiger partial charge in [0, 0.05) is 5.39 Å². The Morgan fingerprint density at radius 2 is 1.77 bits per heavy atom. The Kier molecular flexibility index (Phi) is 2.99. The van der Waals surface area contributed by atoms with Gasteiger partial charge in [-0.15, -0.1) is 4.57 Å². The van der Waals surface area contributed by atoms with Crippen molar-refractivity contribution in [2.75, 3.05) is 0 Å². The average Bonchev–Trinajstić information content (AvgIpc) is 2.17. The molecule has 0 saturated heterocycles. The number of fused-ring (bicyclic) bond motifs is 1. The Labute approximate surface area is 86.8 Å². The van der Waals surface area contributed by atoms with Crippen LogP contribution in [0.1, 0.15) is 0 Å². The van der Waals surface area contributed by atoms with Crippen molar-refractivity contribution in [3.8, 4) is 6.19 Å². The highest BCUT2D eigenvalue weighted by Crippen LogP contribution is 2.08. The molecule has 0 aliphatic carbocycles. The highest BCUT2D eigenvalue weighted by Gasteiger charge is 1.96. The lowest BCUT2D eigenvalue weighted by molar-refractivity contribution is -0.584. The van der Waals surface area contributed by atoms with Crippen LogP contribution in [0.25, 0.3) is 10.8 Å². The third-order valence-electron chi connectivity index (χ3n) is 1.80. The molecule has 1 aromatic carbocycles. The van der Waals surface area contributed by atoms with E-state index in [1.807, 2.05) is 42.7 Å². The number of nitrogens with zero attached hydrogens (tertiary/aromatic N) is 2. The maximum Gasteiger partial charge on any atom is 0.463 e. The first-order chi connectivity index (χ1) is 5.90. The summed E-state index contributed by atoms with van der Waals surface area (Å²) in [7, 11) is 0. The van der Waals surface area contributed by atoms with E-state index in [0.29, 0.717) is 0 Å². The first-order valence-electron chi connectivity index (χ1n) is 3.70. The van der Waals surface area contributed by atoms with Crippen molar-refractivity contribution in [3.63, 3.8) is 0 Å². The largest absolute Gasteiger partial charge is 1.00 e. The molecule has 2 aromatic rings. The molecule has 0 fully saturated rings. The Balaban J connectivity index is 0.000000845. The van der Waals surface area contributed by atoms with E-state index in [1.165, 1.54) is 4.57 Å².